The molecule has 0 aliphatic heterocycles. The Kier molecular flexibility index (Phi) is 66.0. The van der Waals surface area contributed by atoms with Crippen LogP contribution in [0.2, 0.25) is 0 Å². The number of aliphatic hydroxyl groups is 1. The fraction of sp³-hybridized carbons (Fsp3) is 0.940. The van der Waals surface area contributed by atoms with Crippen LogP contribution in [0.3, 0.4) is 0 Å². The lowest BCUT2D eigenvalue weighted by molar-refractivity contribution is -0.138. The maximum Gasteiger partial charge on any atom is 0.303 e. The number of hydrogen-bond donors (Lipinski definition) is 27. The van der Waals surface area contributed by atoms with E-state index in [2.05, 4.69) is 148 Å². The molecule has 0 aliphatic rings. The largest absolute Gasteiger partial charge is 0.481 e. The number of primary amides is 1. The van der Waals surface area contributed by atoms with E-state index in [0.717, 1.165) is 189 Å². The molecule has 0 saturated heterocycles. The Labute approximate surface area is 593 Å². The number of carbonyl (C=O) groups is 3. The van der Waals surface area contributed by atoms with E-state index in [1.165, 1.54) is 0 Å². The van der Waals surface area contributed by atoms with E-state index in [4.69, 9.17) is 28.7 Å². The van der Waals surface area contributed by atoms with E-state index in [0.29, 0.717) is 108 Å². The summed E-state index contributed by atoms with van der Waals surface area (Å²) in [4.78, 5) is 38.9. The van der Waals surface area contributed by atoms with Gasteiger partial charge in [0.15, 0.2) is 5.96 Å². The van der Waals surface area contributed by atoms with Crippen molar-refractivity contribution in [1.29, 1.82) is 0 Å². The molecule has 98 heavy (non-hydrogen) atoms. The molecule has 0 aromatic heterocycles. The summed E-state index contributed by atoms with van der Waals surface area (Å²) in [7, 11) is 1.98. The number of carbonyl (C=O) groups excluding carboxylic acids is 1. The van der Waals surface area contributed by atoms with Gasteiger partial charge in [0.05, 0.1) is 6.61 Å². The van der Waals surface area contributed by atoms with Gasteiger partial charge in [-0.3, -0.25) is 19.4 Å². The Morgan fingerprint density at radius 1 is 0.367 bits per heavy atom. The van der Waals surface area contributed by atoms with Crippen LogP contribution < -0.4 is 130 Å². The first-order chi connectivity index (χ1) is 47.3. The Morgan fingerprint density at radius 2 is 0.724 bits per heavy atom. The number of aliphatic imine (C=N–C) groups is 1. The second-order valence-corrected chi connectivity index (χ2v) is 27.3. The van der Waals surface area contributed by atoms with Crippen molar-refractivity contribution >= 4 is 23.8 Å². The number of likely N-dealkylation sites (N-methyl/N-ethyl adjacent to an activating group) is 1. The molecular formula is C67H153N25O6. The van der Waals surface area contributed by atoms with Crippen molar-refractivity contribution < 1.29 is 29.7 Å². The number of unbranched alkanes of at least 4 members (excludes halogenated alkanes) is 1. The lowest BCUT2D eigenvalue weighted by atomic mass is 10.0. The molecule has 0 spiro atoms. The summed E-state index contributed by atoms with van der Waals surface area (Å²) in [5.41, 5.74) is 28.2. The summed E-state index contributed by atoms with van der Waals surface area (Å²) in [6.45, 7) is 37.2. The number of guanidine groups is 1. The molecule has 32 N–H and O–H groups in total. The lowest BCUT2D eigenvalue weighted by Gasteiger charge is -2.30. The van der Waals surface area contributed by atoms with Crippen LogP contribution in [0.1, 0.15) is 119 Å². The van der Waals surface area contributed by atoms with Gasteiger partial charge in [0.2, 0.25) is 5.91 Å². The van der Waals surface area contributed by atoms with Gasteiger partial charge in [-0.2, -0.15) is 0 Å². The van der Waals surface area contributed by atoms with Crippen molar-refractivity contribution in [1.82, 2.24) is 101 Å². The van der Waals surface area contributed by atoms with Crippen LogP contribution in [0.4, 0.5) is 0 Å². The van der Waals surface area contributed by atoms with Gasteiger partial charge in [-0.05, 0) is 82.7 Å². The predicted molar refractivity (Wildman–Crippen MR) is 406 cm³/mol. The van der Waals surface area contributed by atoms with Crippen molar-refractivity contribution in [3.63, 3.8) is 0 Å². The summed E-state index contributed by atoms with van der Waals surface area (Å²) in [6.07, 6.45) is 8.17. The minimum absolute atomic E-state index is 0.00392. The van der Waals surface area contributed by atoms with Gasteiger partial charge >= 0.3 is 11.9 Å². The van der Waals surface area contributed by atoms with Crippen LogP contribution in [0, 0.1) is 17.8 Å². The van der Waals surface area contributed by atoms with E-state index >= 15 is 0 Å². The molecule has 582 valence electrons. The van der Waals surface area contributed by atoms with Gasteiger partial charge in [0.1, 0.15) is 0 Å². The number of nitrogens with zero attached hydrogens (tertiary/aromatic N) is 1. The van der Waals surface area contributed by atoms with E-state index in [1.807, 2.05) is 7.05 Å². The molecule has 0 fully saturated rings. The number of carboxylic acids is 2. The molecule has 0 bridgehead atoms. The molecule has 1 amide bonds. The molecule has 9 atom stereocenters. The number of hydrogen-bond acceptors (Lipinski definition) is 26. The number of aliphatic carboxylic acids is 2. The Hall–Kier alpha value is -3.20. The van der Waals surface area contributed by atoms with Crippen LogP contribution in [-0.4, -0.2) is 310 Å². The zero-order valence-electron chi connectivity index (χ0n) is 62.4. The molecule has 0 heterocycles. The average Bonchev–Trinajstić information content (AvgIpc) is 1.20. The standard InChI is InChI=1S/C67H153N25O6/c1-52(2)41-60(48-92-63(54(5)6)49-81-24-23-73-7)90-45-56(11-8-9-19-68)89-46-58(13-16-64(70)94)85-37-32-77-27-30-82-50-62(53(3)4)91-47-59(15-18-66(97)98)86-38-33-75-26-29-79-44-61(51-93)87-39-34-76-25-28-78-42-55(12-10-21-88-67(71)72)83-40-35-80-43-57(14-17-65(95)96)84-36-31-74-22-20-69/h52-63,73-87,89-93H,8-51,68-69H2,1-7H3,(H2,70,94)(H,95,96)(H,97,98)(H4,71,72,88). The first-order valence-electron chi connectivity index (χ1n) is 37.7. The van der Waals surface area contributed by atoms with Crippen LogP contribution >= 0.6 is 0 Å². The van der Waals surface area contributed by atoms with Crippen LogP contribution in [0.5, 0.6) is 0 Å². The van der Waals surface area contributed by atoms with E-state index in [1.54, 1.807) is 0 Å². The fourth-order valence-corrected chi connectivity index (χ4v) is 11.2. The Bertz CT molecular complexity index is 1820. The van der Waals surface area contributed by atoms with Crippen molar-refractivity contribution in [2.24, 2.45) is 51.4 Å². The molecule has 9 unspecified atom stereocenters. The highest BCUT2D eigenvalue weighted by molar-refractivity contribution is 5.75. The van der Waals surface area contributed by atoms with Crippen LogP contribution in [-0.2, 0) is 14.4 Å². The van der Waals surface area contributed by atoms with E-state index in [9.17, 15) is 29.7 Å². The topological polar surface area (TPSA) is 483 Å². The fourth-order valence-electron chi connectivity index (χ4n) is 11.2. The summed E-state index contributed by atoms with van der Waals surface area (Å²) in [6, 6.07) is 1.50. The van der Waals surface area contributed by atoms with E-state index < -0.39 is 11.9 Å². The third-order valence-electron chi connectivity index (χ3n) is 17.2. The zero-order valence-corrected chi connectivity index (χ0v) is 62.4. The monoisotopic (exact) mass is 1400 g/mol. The number of amides is 1. The number of nitrogens with one attached hydrogen (secondary N) is 19. The number of rotatable bonds is 78. The minimum Gasteiger partial charge on any atom is -0.481 e. The molecule has 0 rings (SSSR count). The molecule has 0 aliphatic carbocycles. The molecule has 31 heteroatoms. The van der Waals surface area contributed by atoms with Gasteiger partial charge < -0.3 is 145 Å². The summed E-state index contributed by atoms with van der Waals surface area (Å²) >= 11 is 0. The Balaban J connectivity index is 4.77. The highest BCUT2D eigenvalue weighted by Crippen LogP contribution is 2.09. The van der Waals surface area contributed by atoms with Crippen molar-refractivity contribution in [2.45, 2.75) is 173 Å². The smallest absolute Gasteiger partial charge is 0.303 e. The van der Waals surface area contributed by atoms with Crippen LogP contribution in [0.15, 0.2) is 4.99 Å². The van der Waals surface area contributed by atoms with Gasteiger partial charge in [-0.15, -0.1) is 0 Å². The molecule has 31 nitrogen and oxygen atoms in total. The van der Waals surface area contributed by atoms with E-state index in [-0.39, 0.29) is 73.6 Å². The summed E-state index contributed by atoms with van der Waals surface area (Å²) < 4.78 is 0. The van der Waals surface area contributed by atoms with Crippen molar-refractivity contribution in [2.75, 3.05) is 217 Å². The molecular weight excluding hydrogens is 1250 g/mol. The third kappa shape index (κ3) is 62.6. The van der Waals surface area contributed by atoms with Gasteiger partial charge in [-0.25, -0.2) is 0 Å². The normalized spacial score (nSPS) is 14.8. The highest BCUT2D eigenvalue weighted by atomic mass is 16.4. The van der Waals surface area contributed by atoms with Gasteiger partial charge in [0.25, 0.3) is 0 Å². The number of nitrogens with two attached hydrogens (primary N) is 5. The summed E-state index contributed by atoms with van der Waals surface area (Å²) in [5.74, 6) is -0.339. The molecule has 0 aromatic carbocycles. The first kappa shape index (κ1) is 94.8. The van der Waals surface area contributed by atoms with Crippen molar-refractivity contribution in [3.05, 3.63) is 0 Å². The van der Waals surface area contributed by atoms with Gasteiger partial charge in [0, 0.05) is 270 Å². The SMILES string of the molecule is CNCCNCC(NCC(CC(C)C)NCC(CCCCN)NCC(CCC(N)=O)NCCNCCNCC(NCC(CCC(=O)O)NCCNCCNCC(CO)NCCNCCNCC(CCCN=C(N)N)NCCNCC(CCC(=O)O)NCCNCCN)C(C)C)C(C)C. The van der Waals surface area contributed by atoms with Crippen LogP contribution in [0.25, 0.3) is 0 Å². The maximum absolute atomic E-state index is 11.9. The Morgan fingerprint density at radius 3 is 1.15 bits per heavy atom. The maximum atomic E-state index is 11.9. The quantitative estimate of drug-likeness (QED) is 0.0154. The molecule has 0 saturated carbocycles. The third-order valence-corrected chi connectivity index (χ3v) is 17.2. The number of carboxylic acid groups (broad SMARTS) is 2. The van der Waals surface area contributed by atoms with Gasteiger partial charge in [-0.1, -0.05) is 48.0 Å². The predicted octanol–water partition coefficient (Wildman–Crippen LogP) is -5.38. The molecule has 0 aromatic rings. The average molecular weight is 1410 g/mol. The molecule has 0 radical (unpaired) electrons. The lowest BCUT2D eigenvalue weighted by Crippen LogP contribution is -2.52. The van der Waals surface area contributed by atoms with Crippen molar-refractivity contribution in [3.8, 4) is 0 Å². The zero-order chi connectivity index (χ0) is 72.5. The second-order valence-electron chi connectivity index (χ2n) is 27.3. The summed E-state index contributed by atoms with van der Waals surface area (Å²) in [5, 5.41) is 96.6. The highest BCUT2D eigenvalue weighted by Gasteiger charge is 2.21. The second kappa shape index (κ2) is 68.2. The number of aliphatic hydroxyl groups excluding tert-OH is 1. The minimum atomic E-state index is -0.801. The first-order valence-corrected chi connectivity index (χ1v) is 37.7.